The molecule has 0 aromatic heterocycles. The Hall–Kier alpha value is -2.32. The van der Waals surface area contributed by atoms with Gasteiger partial charge < -0.3 is 15.4 Å². The van der Waals surface area contributed by atoms with E-state index in [4.69, 9.17) is 27.9 Å². The number of amides is 4. The van der Waals surface area contributed by atoms with Crippen molar-refractivity contribution in [1.29, 1.82) is 0 Å². The topological polar surface area (TPSA) is 114 Å². The quantitative estimate of drug-likeness (QED) is 0.509. The Labute approximate surface area is 153 Å². The SMILES string of the molecule is C[C@H](OC(=O)CC[C@@H]1NC(=O)NC1=O)C(=O)Nc1cc(Cl)ccc1Cl. The molecular weight excluding hydrogens is 373 g/mol. The fourth-order valence-electron chi connectivity index (χ4n) is 2.06. The number of nitrogens with one attached hydrogen (secondary N) is 3. The summed E-state index contributed by atoms with van der Waals surface area (Å²) in [5.41, 5.74) is 0.299. The van der Waals surface area contributed by atoms with Crippen LogP contribution in [0.1, 0.15) is 19.8 Å². The minimum Gasteiger partial charge on any atom is -0.453 e. The number of esters is 1. The highest BCUT2D eigenvalue weighted by Gasteiger charge is 2.30. The lowest BCUT2D eigenvalue weighted by molar-refractivity contribution is -0.153. The molecule has 0 saturated carbocycles. The molecule has 1 fully saturated rings. The van der Waals surface area contributed by atoms with Crippen LogP contribution in [0.3, 0.4) is 0 Å². The Morgan fingerprint density at radius 3 is 2.68 bits per heavy atom. The highest BCUT2D eigenvalue weighted by Crippen LogP contribution is 2.25. The summed E-state index contributed by atoms with van der Waals surface area (Å²) in [7, 11) is 0. The average Bonchev–Trinajstić information content (AvgIpc) is 2.86. The second kappa shape index (κ2) is 8.17. The molecule has 25 heavy (non-hydrogen) atoms. The zero-order valence-electron chi connectivity index (χ0n) is 13.1. The van der Waals surface area contributed by atoms with Crippen LogP contribution in [0.4, 0.5) is 10.5 Å². The molecule has 3 N–H and O–H groups in total. The Morgan fingerprint density at radius 1 is 1.32 bits per heavy atom. The predicted octanol–water partition coefficient (Wildman–Crippen LogP) is 1.85. The van der Waals surface area contributed by atoms with Crippen LogP contribution < -0.4 is 16.0 Å². The lowest BCUT2D eigenvalue weighted by Crippen LogP contribution is -2.32. The highest BCUT2D eigenvalue weighted by atomic mass is 35.5. The summed E-state index contributed by atoms with van der Waals surface area (Å²) in [6, 6.07) is 3.18. The standard InChI is InChI=1S/C15H15Cl2N3O5/c1-7(13(22)18-11-6-8(16)2-3-9(11)17)25-12(21)5-4-10-14(23)20-15(24)19-10/h2-3,6-7,10H,4-5H2,1H3,(H,18,22)(H2,19,20,23,24)/t7-,10-/m0/s1. The van der Waals surface area contributed by atoms with Crippen LogP contribution >= 0.6 is 23.2 Å². The number of urea groups is 1. The van der Waals surface area contributed by atoms with Crippen molar-refractivity contribution in [3.05, 3.63) is 28.2 Å². The molecule has 0 bridgehead atoms. The summed E-state index contributed by atoms with van der Waals surface area (Å²) in [5.74, 6) is -1.75. The smallest absolute Gasteiger partial charge is 0.322 e. The van der Waals surface area contributed by atoms with Crippen molar-refractivity contribution in [2.24, 2.45) is 0 Å². The van der Waals surface area contributed by atoms with Crippen molar-refractivity contribution in [2.45, 2.75) is 31.9 Å². The number of carbonyl (C=O) groups is 4. The summed E-state index contributed by atoms with van der Waals surface area (Å²) in [4.78, 5) is 46.2. The molecule has 1 aliphatic rings. The number of hydrogen-bond donors (Lipinski definition) is 3. The second-order valence-electron chi connectivity index (χ2n) is 5.30. The van der Waals surface area contributed by atoms with Crippen LogP contribution in [0.15, 0.2) is 18.2 Å². The normalized spacial score (nSPS) is 17.5. The summed E-state index contributed by atoms with van der Waals surface area (Å²) >= 11 is 11.8. The van der Waals surface area contributed by atoms with Gasteiger partial charge in [0.1, 0.15) is 6.04 Å². The molecule has 134 valence electrons. The Morgan fingerprint density at radius 2 is 2.04 bits per heavy atom. The molecule has 4 amide bonds. The van der Waals surface area contributed by atoms with Crippen molar-refractivity contribution in [3.63, 3.8) is 0 Å². The van der Waals surface area contributed by atoms with Gasteiger partial charge in [0.05, 0.1) is 10.7 Å². The van der Waals surface area contributed by atoms with E-state index in [-0.39, 0.29) is 12.8 Å². The maximum Gasteiger partial charge on any atom is 0.322 e. The van der Waals surface area contributed by atoms with E-state index in [0.717, 1.165) is 0 Å². The first-order valence-electron chi connectivity index (χ1n) is 7.33. The number of halogens is 2. The molecule has 2 atom stereocenters. The van der Waals surface area contributed by atoms with E-state index in [9.17, 15) is 19.2 Å². The zero-order valence-corrected chi connectivity index (χ0v) is 14.6. The maximum atomic E-state index is 12.1. The van der Waals surface area contributed by atoms with Gasteiger partial charge in [0.15, 0.2) is 6.10 Å². The zero-order chi connectivity index (χ0) is 18.6. The summed E-state index contributed by atoms with van der Waals surface area (Å²) in [6.45, 7) is 1.40. The highest BCUT2D eigenvalue weighted by molar-refractivity contribution is 6.35. The molecule has 0 radical (unpaired) electrons. The summed E-state index contributed by atoms with van der Waals surface area (Å²) < 4.78 is 5.00. The van der Waals surface area contributed by atoms with Crippen LogP contribution in [-0.2, 0) is 19.1 Å². The fourth-order valence-corrected chi connectivity index (χ4v) is 2.40. The van der Waals surface area contributed by atoms with Crippen LogP contribution in [-0.4, -0.2) is 36.0 Å². The molecule has 1 aliphatic heterocycles. The number of carbonyl (C=O) groups excluding carboxylic acids is 4. The Balaban J connectivity index is 1.82. The molecule has 10 heteroatoms. The lowest BCUT2D eigenvalue weighted by Gasteiger charge is -2.15. The van der Waals surface area contributed by atoms with Crippen molar-refractivity contribution in [2.75, 3.05) is 5.32 Å². The Kier molecular flexibility index (Phi) is 6.22. The van der Waals surface area contributed by atoms with Gasteiger partial charge >= 0.3 is 12.0 Å². The van der Waals surface area contributed by atoms with E-state index >= 15 is 0 Å². The van der Waals surface area contributed by atoms with Gasteiger partial charge in [-0.3, -0.25) is 19.7 Å². The van der Waals surface area contributed by atoms with E-state index in [1.54, 1.807) is 6.07 Å². The molecule has 1 heterocycles. The third-order valence-electron chi connectivity index (χ3n) is 3.36. The number of anilines is 1. The molecule has 0 spiro atoms. The van der Waals surface area contributed by atoms with E-state index in [0.29, 0.717) is 15.7 Å². The number of rotatable bonds is 6. The monoisotopic (exact) mass is 387 g/mol. The van der Waals surface area contributed by atoms with Gasteiger partial charge in [-0.25, -0.2) is 4.79 Å². The number of imide groups is 1. The molecule has 1 aromatic carbocycles. The molecule has 2 rings (SSSR count). The average molecular weight is 388 g/mol. The van der Waals surface area contributed by atoms with E-state index < -0.39 is 36.0 Å². The first-order valence-corrected chi connectivity index (χ1v) is 8.08. The van der Waals surface area contributed by atoms with E-state index in [1.807, 2.05) is 0 Å². The van der Waals surface area contributed by atoms with Crippen LogP contribution in [0, 0.1) is 0 Å². The molecular formula is C15H15Cl2N3O5. The van der Waals surface area contributed by atoms with E-state index in [2.05, 4.69) is 16.0 Å². The third kappa shape index (κ3) is 5.33. The minimum atomic E-state index is -1.07. The van der Waals surface area contributed by atoms with Gasteiger partial charge in [0, 0.05) is 11.4 Å². The Bertz CT molecular complexity index is 725. The third-order valence-corrected chi connectivity index (χ3v) is 3.92. The minimum absolute atomic E-state index is 0.0743. The fraction of sp³-hybridized carbons (Fsp3) is 0.333. The van der Waals surface area contributed by atoms with Gasteiger partial charge in [-0.15, -0.1) is 0 Å². The number of benzene rings is 1. The largest absolute Gasteiger partial charge is 0.453 e. The van der Waals surface area contributed by atoms with Gasteiger partial charge in [-0.1, -0.05) is 23.2 Å². The van der Waals surface area contributed by atoms with Gasteiger partial charge in [0.2, 0.25) is 0 Å². The van der Waals surface area contributed by atoms with Crippen LogP contribution in [0.5, 0.6) is 0 Å². The van der Waals surface area contributed by atoms with Crippen LogP contribution in [0.25, 0.3) is 0 Å². The van der Waals surface area contributed by atoms with Crippen molar-refractivity contribution in [3.8, 4) is 0 Å². The lowest BCUT2D eigenvalue weighted by atomic mass is 10.1. The summed E-state index contributed by atoms with van der Waals surface area (Å²) in [5, 5.41) is 7.62. The molecule has 0 unspecified atom stereocenters. The van der Waals surface area contributed by atoms with Gasteiger partial charge in [-0.05, 0) is 31.5 Å². The second-order valence-corrected chi connectivity index (χ2v) is 6.14. The van der Waals surface area contributed by atoms with Crippen LogP contribution in [0.2, 0.25) is 10.0 Å². The predicted molar refractivity (Wildman–Crippen MR) is 90.3 cm³/mol. The van der Waals surface area contributed by atoms with Gasteiger partial charge in [0.25, 0.3) is 11.8 Å². The summed E-state index contributed by atoms with van der Waals surface area (Å²) in [6.07, 6.45) is -1.13. The van der Waals surface area contributed by atoms with Crippen molar-refractivity contribution >= 4 is 52.7 Å². The molecule has 1 saturated heterocycles. The maximum absolute atomic E-state index is 12.1. The molecule has 1 aromatic rings. The van der Waals surface area contributed by atoms with Crippen molar-refractivity contribution < 1.29 is 23.9 Å². The molecule has 8 nitrogen and oxygen atoms in total. The van der Waals surface area contributed by atoms with E-state index in [1.165, 1.54) is 19.1 Å². The number of ether oxygens (including phenoxy) is 1. The first kappa shape index (κ1) is 19.0. The van der Waals surface area contributed by atoms with Crippen molar-refractivity contribution in [1.82, 2.24) is 10.6 Å². The molecule has 0 aliphatic carbocycles. The van der Waals surface area contributed by atoms with Gasteiger partial charge in [-0.2, -0.15) is 0 Å². The number of hydrogen-bond acceptors (Lipinski definition) is 5. The first-order chi connectivity index (χ1) is 11.8.